The highest BCUT2D eigenvalue weighted by atomic mass is 16.5. The van der Waals surface area contributed by atoms with Gasteiger partial charge in [0.05, 0.1) is 32.5 Å². The average Bonchev–Trinajstić information content (AvgIpc) is 2.79. The van der Waals surface area contributed by atoms with Gasteiger partial charge in [0.1, 0.15) is 19.7 Å². The summed E-state index contributed by atoms with van der Waals surface area (Å²) in [7, 11) is 1.53. The van der Waals surface area contributed by atoms with E-state index in [1.165, 1.54) is 30.4 Å². The van der Waals surface area contributed by atoms with Gasteiger partial charge in [-0.25, -0.2) is 5.43 Å². The Morgan fingerprint density at radius 1 is 1.16 bits per heavy atom. The molecule has 9 heteroatoms. The molecule has 2 N–H and O–H groups in total. The highest BCUT2D eigenvalue weighted by Crippen LogP contribution is 2.28. The molecule has 2 aromatic rings. The largest absolute Gasteiger partial charge is 0.545 e. The molecular formula is C22H25N3O6. The fourth-order valence-electron chi connectivity index (χ4n) is 3.06. The van der Waals surface area contributed by atoms with Crippen LogP contribution >= 0.6 is 0 Å². The number of ether oxygens (including phenoxy) is 3. The topological polar surface area (TPSA) is 114 Å². The molecule has 1 heterocycles. The van der Waals surface area contributed by atoms with Gasteiger partial charge in [-0.15, -0.1) is 0 Å². The minimum absolute atomic E-state index is 0.114. The molecule has 1 fully saturated rings. The van der Waals surface area contributed by atoms with Crippen LogP contribution in [0, 0.1) is 0 Å². The third kappa shape index (κ3) is 6.80. The first-order valence-corrected chi connectivity index (χ1v) is 9.89. The van der Waals surface area contributed by atoms with Crippen LogP contribution in [-0.4, -0.2) is 58.0 Å². The summed E-state index contributed by atoms with van der Waals surface area (Å²) in [6.07, 6.45) is 1.54. The predicted octanol–water partition coefficient (Wildman–Crippen LogP) is -0.997. The van der Waals surface area contributed by atoms with Crippen LogP contribution in [0.1, 0.15) is 21.5 Å². The number of rotatable bonds is 9. The van der Waals surface area contributed by atoms with Gasteiger partial charge in [-0.05, 0) is 34.9 Å². The highest BCUT2D eigenvalue weighted by Gasteiger charge is 2.17. The van der Waals surface area contributed by atoms with Crippen molar-refractivity contribution in [3.05, 3.63) is 59.2 Å². The molecule has 0 aromatic heterocycles. The summed E-state index contributed by atoms with van der Waals surface area (Å²) in [5.74, 6) is -0.322. The van der Waals surface area contributed by atoms with Crippen LogP contribution in [0.5, 0.6) is 11.5 Å². The van der Waals surface area contributed by atoms with E-state index in [2.05, 4.69) is 10.5 Å². The molecule has 0 saturated carbocycles. The number of carbonyl (C=O) groups excluding carboxylic acids is 2. The fraction of sp³-hybridized carbons (Fsp3) is 0.318. The van der Waals surface area contributed by atoms with Crippen molar-refractivity contribution >= 4 is 18.1 Å². The highest BCUT2D eigenvalue weighted by molar-refractivity contribution is 5.85. The number of amides is 1. The van der Waals surface area contributed by atoms with Crippen molar-refractivity contribution in [3.63, 3.8) is 0 Å². The molecule has 0 aliphatic carbocycles. The van der Waals surface area contributed by atoms with E-state index in [-0.39, 0.29) is 18.1 Å². The van der Waals surface area contributed by atoms with Gasteiger partial charge in [0, 0.05) is 0 Å². The number of hydrazone groups is 1. The number of methoxy groups -OCH3 is 1. The second-order valence-electron chi connectivity index (χ2n) is 7.02. The van der Waals surface area contributed by atoms with E-state index < -0.39 is 5.97 Å². The van der Waals surface area contributed by atoms with E-state index in [1.54, 1.807) is 30.3 Å². The zero-order valence-corrected chi connectivity index (χ0v) is 17.3. The summed E-state index contributed by atoms with van der Waals surface area (Å²) in [6.45, 7) is 3.58. The van der Waals surface area contributed by atoms with Crippen LogP contribution in [0.4, 0.5) is 0 Å². The Morgan fingerprint density at radius 2 is 1.90 bits per heavy atom. The summed E-state index contributed by atoms with van der Waals surface area (Å²) < 4.78 is 16.4. The van der Waals surface area contributed by atoms with Gasteiger partial charge < -0.3 is 29.0 Å². The molecule has 9 nitrogen and oxygen atoms in total. The summed E-state index contributed by atoms with van der Waals surface area (Å²) in [4.78, 5) is 24.0. The van der Waals surface area contributed by atoms with Crippen LogP contribution in [0.25, 0.3) is 0 Å². The number of benzene rings is 2. The summed E-state index contributed by atoms with van der Waals surface area (Å²) >= 11 is 0. The Labute approximate surface area is 180 Å². The van der Waals surface area contributed by atoms with Crippen LogP contribution < -0.4 is 24.9 Å². The number of morpholine rings is 1. The molecule has 3 rings (SSSR count). The average molecular weight is 427 g/mol. The fourth-order valence-corrected chi connectivity index (χ4v) is 3.06. The zero-order chi connectivity index (χ0) is 22.1. The summed E-state index contributed by atoms with van der Waals surface area (Å²) in [6, 6.07) is 11.6. The monoisotopic (exact) mass is 427 g/mol. The summed E-state index contributed by atoms with van der Waals surface area (Å²) in [5.41, 5.74) is 4.20. The standard InChI is InChI=1S/C22H25N3O6/c1-29-20-12-17(13-23-24-21(26)14-25-8-10-30-11-9-25)4-7-19(20)31-15-16-2-5-18(6-3-16)22(27)28/h2-7,12-13H,8-11,14-15H2,1H3,(H,24,26)(H,27,28)/b23-13-. The molecule has 0 atom stereocenters. The minimum Gasteiger partial charge on any atom is -0.545 e. The summed E-state index contributed by atoms with van der Waals surface area (Å²) in [5, 5.41) is 14.8. The number of nitrogens with zero attached hydrogens (tertiary/aromatic N) is 1. The third-order valence-electron chi connectivity index (χ3n) is 4.78. The smallest absolute Gasteiger partial charge is 0.295 e. The van der Waals surface area contributed by atoms with E-state index in [9.17, 15) is 14.7 Å². The molecule has 0 radical (unpaired) electrons. The Hall–Kier alpha value is -3.43. The zero-order valence-electron chi connectivity index (χ0n) is 17.3. The van der Waals surface area contributed by atoms with Crippen molar-refractivity contribution < 1.29 is 33.8 Å². The quantitative estimate of drug-likeness (QED) is 0.392. The lowest BCUT2D eigenvalue weighted by Gasteiger charge is -2.22. The van der Waals surface area contributed by atoms with Gasteiger partial charge in [-0.3, -0.25) is 4.79 Å². The van der Waals surface area contributed by atoms with Crippen molar-refractivity contribution in [2.24, 2.45) is 5.10 Å². The first-order valence-electron chi connectivity index (χ1n) is 9.89. The normalized spacial score (nSPS) is 14.4. The molecule has 1 aliphatic rings. The number of nitrogens with one attached hydrogen (secondary N) is 2. The van der Waals surface area contributed by atoms with Crippen LogP contribution in [0.2, 0.25) is 0 Å². The Kier molecular flexibility index (Phi) is 7.97. The van der Waals surface area contributed by atoms with E-state index in [4.69, 9.17) is 14.2 Å². The molecule has 31 heavy (non-hydrogen) atoms. The van der Waals surface area contributed by atoms with Crippen molar-refractivity contribution in [1.29, 1.82) is 0 Å². The Balaban J connectivity index is 1.53. The number of hydrogen-bond acceptors (Lipinski definition) is 7. The van der Waals surface area contributed by atoms with Gasteiger partial charge in [0.25, 0.3) is 5.91 Å². The second-order valence-corrected chi connectivity index (χ2v) is 7.02. The molecule has 1 saturated heterocycles. The molecule has 1 aliphatic heterocycles. The molecule has 2 aromatic carbocycles. The molecular weight excluding hydrogens is 402 g/mol. The number of carbonyl (C=O) groups is 2. The number of carboxylic acid groups (broad SMARTS) is 1. The van der Waals surface area contributed by atoms with Crippen molar-refractivity contribution in [3.8, 4) is 11.5 Å². The number of carboxylic acids is 1. The van der Waals surface area contributed by atoms with Gasteiger partial charge in [0.2, 0.25) is 0 Å². The maximum Gasteiger partial charge on any atom is 0.295 e. The number of quaternary nitrogens is 1. The number of hydrogen-bond donors (Lipinski definition) is 2. The van der Waals surface area contributed by atoms with E-state index in [0.29, 0.717) is 31.3 Å². The predicted molar refractivity (Wildman–Crippen MR) is 110 cm³/mol. The van der Waals surface area contributed by atoms with Gasteiger partial charge >= 0.3 is 0 Å². The second kappa shape index (κ2) is 11.1. The lowest BCUT2D eigenvalue weighted by Crippen LogP contribution is -3.15. The third-order valence-corrected chi connectivity index (χ3v) is 4.78. The van der Waals surface area contributed by atoms with E-state index >= 15 is 0 Å². The lowest BCUT2D eigenvalue weighted by atomic mass is 10.1. The van der Waals surface area contributed by atoms with Gasteiger partial charge in [-0.1, -0.05) is 24.3 Å². The van der Waals surface area contributed by atoms with Crippen molar-refractivity contribution in [2.45, 2.75) is 6.61 Å². The van der Waals surface area contributed by atoms with Crippen LogP contribution in [0.15, 0.2) is 47.6 Å². The molecule has 164 valence electrons. The van der Waals surface area contributed by atoms with Gasteiger partial charge in [0.15, 0.2) is 18.0 Å². The van der Waals surface area contributed by atoms with Gasteiger partial charge in [-0.2, -0.15) is 5.10 Å². The lowest BCUT2D eigenvalue weighted by molar-refractivity contribution is -0.900. The minimum atomic E-state index is -1.22. The van der Waals surface area contributed by atoms with E-state index in [0.717, 1.165) is 24.2 Å². The SMILES string of the molecule is COc1cc(/C=N\NC(=O)C[NH+]2CCOCC2)ccc1OCc1ccc(C(=O)[O-])cc1. The molecule has 0 unspecified atom stereocenters. The maximum atomic E-state index is 12.0. The van der Waals surface area contributed by atoms with Crippen LogP contribution in [0.3, 0.4) is 0 Å². The molecule has 1 amide bonds. The van der Waals surface area contributed by atoms with Crippen LogP contribution in [-0.2, 0) is 16.1 Å². The van der Waals surface area contributed by atoms with E-state index in [1.807, 2.05) is 0 Å². The molecule has 0 spiro atoms. The van der Waals surface area contributed by atoms with Crippen molar-refractivity contribution in [2.75, 3.05) is 40.0 Å². The maximum absolute atomic E-state index is 12.0. The first kappa shape index (κ1) is 22.3. The first-order chi connectivity index (χ1) is 15.0. The Morgan fingerprint density at radius 3 is 2.58 bits per heavy atom. The molecule has 0 bridgehead atoms. The van der Waals surface area contributed by atoms with Crippen molar-refractivity contribution in [1.82, 2.24) is 5.43 Å². The number of aromatic carboxylic acids is 1. The Bertz CT molecular complexity index is 923.